The number of nitrogens with two attached hydrogens (primary N) is 1. The van der Waals surface area contributed by atoms with Gasteiger partial charge >= 0.3 is 0 Å². The van der Waals surface area contributed by atoms with E-state index in [-0.39, 0.29) is 30.5 Å². The molecular weight excluding hydrogens is 456 g/mol. The van der Waals surface area contributed by atoms with Crippen molar-refractivity contribution in [1.82, 2.24) is 4.90 Å². The Morgan fingerprint density at radius 3 is 2.25 bits per heavy atom. The second-order valence-corrected chi connectivity index (χ2v) is 9.60. The Bertz CT molecular complexity index is 1110. The summed E-state index contributed by atoms with van der Waals surface area (Å²) in [7, 11) is 1.95. The lowest BCUT2D eigenvalue weighted by atomic mass is 9.90. The summed E-state index contributed by atoms with van der Waals surface area (Å²) in [5.41, 5.74) is 10.3. The van der Waals surface area contributed by atoms with Crippen LogP contribution in [0.3, 0.4) is 0 Å². The zero-order valence-corrected chi connectivity index (χ0v) is 20.8. The molecule has 1 saturated heterocycles. The van der Waals surface area contributed by atoms with Crippen molar-refractivity contribution in [3.63, 3.8) is 0 Å². The topological polar surface area (TPSA) is 108 Å². The Hall–Kier alpha value is -2.78. The monoisotopic (exact) mass is 492 g/mol. The Balaban J connectivity index is 1.53. The van der Waals surface area contributed by atoms with Crippen LogP contribution in [0.4, 0.5) is 0 Å². The van der Waals surface area contributed by atoms with Gasteiger partial charge in [-0.25, -0.2) is 0 Å². The van der Waals surface area contributed by atoms with E-state index in [4.69, 9.17) is 15.2 Å². The smallest absolute Gasteiger partial charge is 0.184 e. The number of benzene rings is 3. The molecule has 0 bridgehead atoms. The third-order valence-corrected chi connectivity index (χ3v) is 6.84. The molecular formula is C29H36N2O5. The minimum absolute atomic E-state index is 0.00444. The average Bonchev–Trinajstić information content (AvgIpc) is 2.90. The Morgan fingerprint density at radius 1 is 0.944 bits per heavy atom. The molecule has 7 nitrogen and oxygen atoms in total. The zero-order valence-electron chi connectivity index (χ0n) is 20.8. The van der Waals surface area contributed by atoms with Crippen LogP contribution in [0.1, 0.15) is 53.2 Å². The van der Waals surface area contributed by atoms with E-state index < -0.39 is 12.4 Å². The SMILES string of the molecule is C[C@H]1[C@@H](CN(C)C[C@@H](O)c2cccc(O)c2)OC(c2ccc(CN)cc2)O[C@H]1c1ccc(CO)cc1. The maximum absolute atomic E-state index is 10.7. The molecule has 36 heavy (non-hydrogen) atoms. The first kappa shape index (κ1) is 26.3. The molecule has 0 aromatic heterocycles. The molecule has 1 fully saturated rings. The fourth-order valence-electron chi connectivity index (χ4n) is 4.65. The van der Waals surface area contributed by atoms with Gasteiger partial charge in [0.25, 0.3) is 0 Å². The number of hydrogen-bond acceptors (Lipinski definition) is 7. The highest BCUT2D eigenvalue weighted by molar-refractivity contribution is 5.29. The van der Waals surface area contributed by atoms with E-state index in [1.165, 1.54) is 0 Å². The molecule has 4 rings (SSSR count). The number of aliphatic hydroxyl groups is 2. The summed E-state index contributed by atoms with van der Waals surface area (Å²) < 4.78 is 13.0. The van der Waals surface area contributed by atoms with Crippen LogP contribution in [0.15, 0.2) is 72.8 Å². The molecule has 7 heteroatoms. The largest absolute Gasteiger partial charge is 0.508 e. The lowest BCUT2D eigenvalue weighted by molar-refractivity contribution is -0.276. The van der Waals surface area contributed by atoms with Gasteiger partial charge in [0.2, 0.25) is 0 Å². The van der Waals surface area contributed by atoms with Crippen molar-refractivity contribution in [2.24, 2.45) is 11.7 Å². The van der Waals surface area contributed by atoms with Crippen LogP contribution in [-0.4, -0.2) is 46.5 Å². The summed E-state index contributed by atoms with van der Waals surface area (Å²) >= 11 is 0. The van der Waals surface area contributed by atoms with Gasteiger partial charge in [-0.3, -0.25) is 0 Å². The van der Waals surface area contributed by atoms with Gasteiger partial charge in [-0.15, -0.1) is 0 Å². The average molecular weight is 493 g/mol. The van der Waals surface area contributed by atoms with Crippen LogP contribution in [0.2, 0.25) is 0 Å². The number of phenols is 1. The molecule has 0 saturated carbocycles. The molecule has 5 N–H and O–H groups in total. The van der Waals surface area contributed by atoms with Gasteiger partial charge in [0, 0.05) is 31.1 Å². The number of hydrogen-bond donors (Lipinski definition) is 4. The quantitative estimate of drug-likeness (QED) is 0.360. The summed E-state index contributed by atoms with van der Waals surface area (Å²) in [6.45, 7) is 3.56. The van der Waals surface area contributed by atoms with Crippen LogP contribution in [0.25, 0.3) is 0 Å². The second-order valence-electron chi connectivity index (χ2n) is 9.60. The van der Waals surface area contributed by atoms with Crippen molar-refractivity contribution in [1.29, 1.82) is 0 Å². The number of aliphatic hydroxyl groups excluding tert-OH is 2. The van der Waals surface area contributed by atoms with Gasteiger partial charge in [-0.2, -0.15) is 0 Å². The highest BCUT2D eigenvalue weighted by Gasteiger charge is 2.39. The Kier molecular flexibility index (Phi) is 8.74. The van der Waals surface area contributed by atoms with Crippen molar-refractivity contribution >= 4 is 0 Å². The lowest BCUT2D eigenvalue weighted by Gasteiger charge is -2.42. The number of nitrogens with zero attached hydrogens (tertiary/aromatic N) is 1. The number of phenolic OH excluding ortho intramolecular Hbond substituents is 1. The van der Waals surface area contributed by atoms with Crippen LogP contribution in [0, 0.1) is 5.92 Å². The van der Waals surface area contributed by atoms with E-state index in [1.54, 1.807) is 24.3 Å². The Morgan fingerprint density at radius 2 is 1.61 bits per heavy atom. The standard InChI is InChI=1S/C29H36N2O5/c1-19-27(17-31(2)16-26(34)24-4-3-5-25(33)14-24)35-29(23-12-6-20(15-30)7-13-23)36-28(19)22-10-8-21(18-32)9-11-22/h3-14,19,26-29,32-34H,15-18,30H2,1-2H3/t19-,26+,27+,28+,29?/m0/s1. The molecule has 0 spiro atoms. The number of rotatable bonds is 9. The van der Waals surface area contributed by atoms with Gasteiger partial charge < -0.3 is 35.4 Å². The molecule has 3 aromatic rings. The van der Waals surface area contributed by atoms with Gasteiger partial charge in [-0.1, -0.05) is 67.6 Å². The fraction of sp³-hybridized carbons (Fsp3) is 0.379. The van der Waals surface area contributed by atoms with Crippen LogP contribution >= 0.6 is 0 Å². The van der Waals surface area contributed by atoms with E-state index >= 15 is 0 Å². The zero-order chi connectivity index (χ0) is 25.7. The summed E-state index contributed by atoms with van der Waals surface area (Å²) in [5.74, 6) is 0.166. The predicted molar refractivity (Wildman–Crippen MR) is 138 cm³/mol. The molecule has 5 atom stereocenters. The van der Waals surface area contributed by atoms with Crippen LogP contribution in [-0.2, 0) is 22.6 Å². The summed E-state index contributed by atoms with van der Waals surface area (Å²) in [6.07, 6.45) is -1.66. The predicted octanol–water partition coefficient (Wildman–Crippen LogP) is 3.80. The second kappa shape index (κ2) is 12.0. The summed E-state index contributed by atoms with van der Waals surface area (Å²) in [4.78, 5) is 2.04. The van der Waals surface area contributed by atoms with Crippen molar-refractivity contribution < 1.29 is 24.8 Å². The molecule has 1 aliphatic rings. The molecule has 3 aromatic carbocycles. The molecule has 0 amide bonds. The van der Waals surface area contributed by atoms with Gasteiger partial charge in [-0.05, 0) is 41.4 Å². The van der Waals surface area contributed by atoms with Crippen molar-refractivity contribution in [3.8, 4) is 5.75 Å². The molecule has 192 valence electrons. The maximum atomic E-state index is 10.7. The molecule has 1 aliphatic heterocycles. The van der Waals surface area contributed by atoms with Crippen molar-refractivity contribution in [2.45, 2.75) is 44.7 Å². The first-order valence-electron chi connectivity index (χ1n) is 12.3. The van der Waals surface area contributed by atoms with Crippen LogP contribution < -0.4 is 5.73 Å². The van der Waals surface area contributed by atoms with Gasteiger partial charge in [0.15, 0.2) is 6.29 Å². The number of aromatic hydroxyl groups is 1. The van der Waals surface area contributed by atoms with E-state index in [0.29, 0.717) is 25.2 Å². The highest BCUT2D eigenvalue weighted by atomic mass is 16.7. The molecule has 1 heterocycles. The number of likely N-dealkylation sites (N-methyl/N-ethyl adjacent to an activating group) is 1. The summed E-state index contributed by atoms with van der Waals surface area (Å²) in [6, 6.07) is 22.5. The van der Waals surface area contributed by atoms with Crippen LogP contribution in [0.5, 0.6) is 5.75 Å². The minimum atomic E-state index is -0.737. The Labute approximate surface area is 212 Å². The van der Waals surface area contributed by atoms with Gasteiger partial charge in [0.05, 0.1) is 24.9 Å². The number of ether oxygens (including phenoxy) is 2. The van der Waals surface area contributed by atoms with E-state index in [0.717, 1.165) is 22.3 Å². The fourth-order valence-corrected chi connectivity index (χ4v) is 4.65. The first-order chi connectivity index (χ1) is 17.4. The first-order valence-corrected chi connectivity index (χ1v) is 12.3. The normalized spacial score (nSPS) is 23.1. The molecule has 0 radical (unpaired) electrons. The third-order valence-electron chi connectivity index (χ3n) is 6.84. The van der Waals surface area contributed by atoms with E-state index in [2.05, 4.69) is 6.92 Å². The van der Waals surface area contributed by atoms with E-state index in [1.807, 2.05) is 60.5 Å². The maximum Gasteiger partial charge on any atom is 0.184 e. The molecule has 1 unspecified atom stereocenters. The van der Waals surface area contributed by atoms with Crippen molar-refractivity contribution in [3.05, 3.63) is 101 Å². The lowest BCUT2D eigenvalue weighted by Crippen LogP contribution is -2.44. The summed E-state index contributed by atoms with van der Waals surface area (Å²) in [5, 5.41) is 29.9. The minimum Gasteiger partial charge on any atom is -0.508 e. The molecule has 0 aliphatic carbocycles. The third kappa shape index (κ3) is 6.31. The van der Waals surface area contributed by atoms with E-state index in [9.17, 15) is 15.3 Å². The van der Waals surface area contributed by atoms with Crippen molar-refractivity contribution in [2.75, 3.05) is 20.1 Å². The highest BCUT2D eigenvalue weighted by Crippen LogP contribution is 2.41. The van der Waals surface area contributed by atoms with Gasteiger partial charge in [0.1, 0.15) is 5.75 Å².